The van der Waals surface area contributed by atoms with Gasteiger partial charge >= 0.3 is 6.36 Å². The van der Waals surface area contributed by atoms with Gasteiger partial charge in [0.1, 0.15) is 23.1 Å². The summed E-state index contributed by atoms with van der Waals surface area (Å²) in [4.78, 5) is 13.6. The molecule has 0 aliphatic carbocycles. The number of likely N-dealkylation sites (tertiary alicyclic amines) is 1. The van der Waals surface area contributed by atoms with Crippen molar-refractivity contribution in [1.82, 2.24) is 14.9 Å². The van der Waals surface area contributed by atoms with E-state index in [-0.39, 0.29) is 17.4 Å². The number of aromatic nitrogens is 2. The molecule has 7 nitrogen and oxygen atoms in total. The molecule has 0 saturated carbocycles. The van der Waals surface area contributed by atoms with Crippen molar-refractivity contribution >= 4 is 11.8 Å². The minimum atomic E-state index is -4.76. The summed E-state index contributed by atoms with van der Waals surface area (Å²) in [6.07, 6.45) is 1.98. The predicted molar refractivity (Wildman–Crippen MR) is 126 cm³/mol. The van der Waals surface area contributed by atoms with Gasteiger partial charge in [-0.15, -0.1) is 13.2 Å². The van der Waals surface area contributed by atoms with E-state index in [1.54, 1.807) is 30.5 Å². The van der Waals surface area contributed by atoms with Gasteiger partial charge in [0.05, 0.1) is 18.2 Å². The zero-order valence-corrected chi connectivity index (χ0v) is 19.3. The highest BCUT2D eigenvalue weighted by atomic mass is 19.4. The Hall–Kier alpha value is -3.27. The highest BCUT2D eigenvalue weighted by Gasteiger charge is 2.33. The number of nitrogens with one attached hydrogen (secondary N) is 1. The second-order valence-corrected chi connectivity index (χ2v) is 8.98. The van der Waals surface area contributed by atoms with Crippen LogP contribution in [0.3, 0.4) is 0 Å². The monoisotopic (exact) mass is 487 g/mol. The Morgan fingerprint density at radius 2 is 1.77 bits per heavy atom. The largest absolute Gasteiger partial charge is 0.573 e. The lowest BCUT2D eigenvalue weighted by molar-refractivity contribution is -0.274. The molecule has 0 spiro atoms. The van der Waals surface area contributed by atoms with E-state index in [0.717, 1.165) is 32.0 Å². The normalized spacial score (nSPS) is 17.6. The van der Waals surface area contributed by atoms with Crippen LogP contribution >= 0.6 is 0 Å². The lowest BCUT2D eigenvalue weighted by Crippen LogP contribution is -2.54. The molecule has 0 amide bonds. The van der Waals surface area contributed by atoms with E-state index in [2.05, 4.69) is 24.8 Å². The predicted octanol–water partition coefficient (Wildman–Crippen LogP) is 5.31. The molecular formula is C25H28F3N5O2. The van der Waals surface area contributed by atoms with Crippen molar-refractivity contribution < 1.29 is 22.3 Å². The maximum Gasteiger partial charge on any atom is 0.573 e. The molecule has 2 fully saturated rings. The van der Waals surface area contributed by atoms with Crippen molar-refractivity contribution in [3.8, 4) is 17.1 Å². The molecule has 3 aromatic rings. The van der Waals surface area contributed by atoms with Gasteiger partial charge in [-0.1, -0.05) is 25.0 Å². The zero-order chi connectivity index (χ0) is 24.3. The van der Waals surface area contributed by atoms with Crippen LogP contribution in [0.4, 0.5) is 24.9 Å². The van der Waals surface area contributed by atoms with E-state index in [9.17, 15) is 13.2 Å². The van der Waals surface area contributed by atoms with Crippen molar-refractivity contribution in [1.29, 1.82) is 0 Å². The van der Waals surface area contributed by atoms with Gasteiger partial charge in [0.25, 0.3) is 0 Å². The van der Waals surface area contributed by atoms with Gasteiger partial charge in [-0.2, -0.15) is 4.98 Å². The zero-order valence-electron chi connectivity index (χ0n) is 19.3. The average molecular weight is 488 g/mol. The first-order valence-electron chi connectivity index (χ1n) is 11.9. The van der Waals surface area contributed by atoms with Crippen molar-refractivity contribution in [3.05, 3.63) is 54.4 Å². The van der Waals surface area contributed by atoms with Gasteiger partial charge in [0, 0.05) is 32.4 Å². The van der Waals surface area contributed by atoms with E-state index in [1.165, 1.54) is 37.8 Å². The fourth-order valence-electron chi connectivity index (χ4n) is 4.58. The van der Waals surface area contributed by atoms with Crippen LogP contribution in [0.5, 0.6) is 5.75 Å². The summed E-state index contributed by atoms with van der Waals surface area (Å²) in [7, 11) is 0. The van der Waals surface area contributed by atoms with Crippen LogP contribution in [-0.4, -0.2) is 53.5 Å². The van der Waals surface area contributed by atoms with E-state index in [1.807, 2.05) is 6.07 Å². The Morgan fingerprint density at radius 3 is 2.54 bits per heavy atom. The maximum atomic E-state index is 12.7. The third kappa shape index (κ3) is 6.05. The number of rotatable bonds is 7. The lowest BCUT2D eigenvalue weighted by Gasteiger charge is -2.39. The number of hydrogen-bond acceptors (Lipinski definition) is 7. The highest BCUT2D eigenvalue weighted by Crippen LogP contribution is 2.35. The SMILES string of the molecule is FC(F)(F)Oc1ccccc1-c1ccc(CN2CC(Nc3nccc(N4CCCCCC4)n3)C2)o1. The molecule has 5 rings (SSSR count). The van der Waals surface area contributed by atoms with E-state index in [4.69, 9.17) is 9.40 Å². The van der Waals surface area contributed by atoms with Crippen LogP contribution in [0.25, 0.3) is 11.3 Å². The van der Waals surface area contributed by atoms with Crippen LogP contribution in [-0.2, 0) is 6.54 Å². The fourth-order valence-corrected chi connectivity index (χ4v) is 4.58. The average Bonchev–Trinajstić information content (AvgIpc) is 3.09. The molecule has 0 bridgehead atoms. The number of benzene rings is 1. The summed E-state index contributed by atoms with van der Waals surface area (Å²) in [5.41, 5.74) is 0.265. The molecule has 2 aliphatic heterocycles. The Morgan fingerprint density at radius 1 is 1.00 bits per heavy atom. The summed E-state index contributed by atoms with van der Waals surface area (Å²) >= 11 is 0. The number of halogens is 3. The molecule has 0 radical (unpaired) electrons. The Balaban J connectivity index is 1.15. The summed E-state index contributed by atoms with van der Waals surface area (Å²) in [6, 6.07) is 11.6. The summed E-state index contributed by atoms with van der Waals surface area (Å²) in [6.45, 7) is 4.22. The molecular weight excluding hydrogens is 459 g/mol. The fraction of sp³-hybridized carbons (Fsp3) is 0.440. The van der Waals surface area contributed by atoms with E-state index >= 15 is 0 Å². The third-order valence-corrected chi connectivity index (χ3v) is 6.28. The quantitative estimate of drug-likeness (QED) is 0.484. The number of alkyl halides is 3. The smallest absolute Gasteiger partial charge is 0.460 e. The summed E-state index contributed by atoms with van der Waals surface area (Å²) in [5, 5.41) is 3.41. The van der Waals surface area contributed by atoms with E-state index < -0.39 is 6.36 Å². The molecule has 10 heteroatoms. The third-order valence-electron chi connectivity index (χ3n) is 6.28. The summed E-state index contributed by atoms with van der Waals surface area (Å²) in [5.74, 6) is 2.35. The number of ether oxygens (including phenoxy) is 1. The molecule has 186 valence electrons. The molecule has 4 heterocycles. The van der Waals surface area contributed by atoms with Crippen molar-refractivity contribution in [2.45, 2.75) is 44.6 Å². The second kappa shape index (κ2) is 10.2. The van der Waals surface area contributed by atoms with Gasteiger partial charge in [-0.25, -0.2) is 4.98 Å². The highest BCUT2D eigenvalue weighted by molar-refractivity contribution is 5.65. The Kier molecular flexibility index (Phi) is 6.81. The van der Waals surface area contributed by atoms with Crippen LogP contribution in [0.15, 0.2) is 53.1 Å². The van der Waals surface area contributed by atoms with Crippen LogP contribution in [0.1, 0.15) is 31.4 Å². The first-order valence-corrected chi connectivity index (χ1v) is 11.9. The van der Waals surface area contributed by atoms with Crippen LogP contribution in [0, 0.1) is 0 Å². The first-order chi connectivity index (χ1) is 16.9. The van der Waals surface area contributed by atoms with Crippen LogP contribution in [0.2, 0.25) is 0 Å². The minimum absolute atomic E-state index is 0.227. The minimum Gasteiger partial charge on any atom is -0.460 e. The van der Waals surface area contributed by atoms with E-state index in [0.29, 0.717) is 24.0 Å². The number of para-hydroxylation sites is 1. The second-order valence-electron chi connectivity index (χ2n) is 8.98. The number of hydrogen-bond donors (Lipinski definition) is 1. The molecule has 1 N–H and O–H groups in total. The number of furan rings is 1. The molecule has 0 atom stereocenters. The molecule has 2 aromatic heterocycles. The topological polar surface area (TPSA) is 66.7 Å². The van der Waals surface area contributed by atoms with Gasteiger partial charge in [0.15, 0.2) is 0 Å². The first kappa shape index (κ1) is 23.5. The van der Waals surface area contributed by atoms with Crippen molar-refractivity contribution in [2.24, 2.45) is 0 Å². The van der Waals surface area contributed by atoms with Crippen molar-refractivity contribution in [2.75, 3.05) is 36.4 Å². The maximum absolute atomic E-state index is 12.7. The Labute approximate surface area is 201 Å². The number of nitrogens with zero attached hydrogens (tertiary/aromatic N) is 4. The molecule has 0 unspecified atom stereocenters. The van der Waals surface area contributed by atoms with Gasteiger partial charge in [0.2, 0.25) is 5.95 Å². The molecule has 2 aliphatic rings. The molecule has 35 heavy (non-hydrogen) atoms. The Bertz CT molecular complexity index is 1120. The molecule has 2 saturated heterocycles. The van der Waals surface area contributed by atoms with Gasteiger partial charge < -0.3 is 19.4 Å². The lowest BCUT2D eigenvalue weighted by atomic mass is 10.1. The van der Waals surface area contributed by atoms with Crippen molar-refractivity contribution in [3.63, 3.8) is 0 Å². The molecule has 1 aromatic carbocycles. The summed E-state index contributed by atoms with van der Waals surface area (Å²) < 4.78 is 48.1. The van der Waals surface area contributed by atoms with Crippen LogP contribution < -0.4 is 15.0 Å². The van der Waals surface area contributed by atoms with Gasteiger partial charge in [-0.3, -0.25) is 4.90 Å². The standard InChI is InChI=1S/C25H28F3N5O2/c26-25(27,28)35-22-8-4-3-7-20(22)21-10-9-19(34-21)17-32-15-18(16-32)30-24-29-12-11-23(31-24)33-13-5-1-2-6-14-33/h3-4,7-12,18H,1-2,5-6,13-17H2,(H,29,30,31). The van der Waals surface area contributed by atoms with Gasteiger partial charge in [-0.05, 0) is 43.2 Å². The number of anilines is 2.